The van der Waals surface area contributed by atoms with Gasteiger partial charge < -0.3 is 9.47 Å². The average molecular weight is 337 g/mol. The van der Waals surface area contributed by atoms with Crippen LogP contribution in [0, 0.1) is 11.7 Å². The van der Waals surface area contributed by atoms with Gasteiger partial charge in [-0.2, -0.15) is 0 Å². The highest BCUT2D eigenvalue weighted by Crippen LogP contribution is 2.26. The summed E-state index contributed by atoms with van der Waals surface area (Å²) in [5, 5.41) is 0. The Bertz CT molecular complexity index is 494. The molecule has 2 N–H and O–H groups in total. The third-order valence-electron chi connectivity index (χ3n) is 4.91. The maximum Gasteiger partial charge on any atom is 0.123 e. The van der Waals surface area contributed by atoms with Crippen molar-refractivity contribution >= 4 is 0 Å². The van der Waals surface area contributed by atoms with Gasteiger partial charge in [0.25, 0.3) is 0 Å². The molecule has 0 spiro atoms. The number of rotatable bonds is 8. The number of hydrogen-bond donors (Lipinski definition) is 2. The van der Waals surface area contributed by atoms with E-state index in [1.807, 2.05) is 12.1 Å². The van der Waals surface area contributed by atoms with Crippen LogP contribution in [0.15, 0.2) is 24.3 Å². The van der Waals surface area contributed by atoms with Crippen LogP contribution in [0.1, 0.15) is 24.4 Å². The Morgan fingerprint density at radius 3 is 2.83 bits per heavy atom. The van der Waals surface area contributed by atoms with Gasteiger partial charge in [-0.15, -0.1) is 0 Å². The summed E-state index contributed by atoms with van der Waals surface area (Å²) in [6.07, 6.45) is 2.65. The number of halogens is 1. The first-order valence-corrected chi connectivity index (χ1v) is 8.83. The van der Waals surface area contributed by atoms with E-state index < -0.39 is 0 Å². The molecule has 0 aliphatic carbocycles. The van der Waals surface area contributed by atoms with E-state index >= 15 is 0 Å². The molecule has 1 aromatic carbocycles. The minimum atomic E-state index is -0.193. The van der Waals surface area contributed by atoms with E-state index in [-0.39, 0.29) is 11.9 Å². The zero-order valence-corrected chi connectivity index (χ0v) is 14.3. The van der Waals surface area contributed by atoms with Crippen molar-refractivity contribution in [2.45, 2.75) is 25.0 Å². The van der Waals surface area contributed by atoms with Gasteiger partial charge in [-0.3, -0.25) is 10.3 Å². The highest BCUT2D eigenvalue weighted by molar-refractivity contribution is 5.21. The number of ether oxygens (including phenoxy) is 2. The first-order valence-electron chi connectivity index (χ1n) is 8.83. The molecule has 24 heavy (non-hydrogen) atoms. The summed E-state index contributed by atoms with van der Waals surface area (Å²) in [6, 6.07) is 6.99. The van der Waals surface area contributed by atoms with E-state index in [0.717, 1.165) is 57.8 Å². The zero-order valence-electron chi connectivity index (χ0n) is 14.3. The summed E-state index contributed by atoms with van der Waals surface area (Å²) in [4.78, 5) is 2.44. The minimum absolute atomic E-state index is 0.193. The fourth-order valence-corrected chi connectivity index (χ4v) is 3.62. The van der Waals surface area contributed by atoms with Crippen LogP contribution in [0.3, 0.4) is 0 Å². The molecule has 2 heterocycles. The van der Waals surface area contributed by atoms with Crippen LogP contribution in [0.4, 0.5) is 4.39 Å². The van der Waals surface area contributed by atoms with Gasteiger partial charge in [0.2, 0.25) is 0 Å². The van der Waals surface area contributed by atoms with Crippen LogP contribution in [0.5, 0.6) is 0 Å². The number of nitrogens with zero attached hydrogens (tertiary/aromatic N) is 1. The fraction of sp³-hybridized carbons (Fsp3) is 0.667. The maximum absolute atomic E-state index is 13.2. The van der Waals surface area contributed by atoms with Crippen molar-refractivity contribution in [3.63, 3.8) is 0 Å². The van der Waals surface area contributed by atoms with E-state index in [4.69, 9.17) is 9.47 Å². The van der Waals surface area contributed by atoms with Crippen molar-refractivity contribution in [3.05, 3.63) is 35.6 Å². The molecular formula is C18H28FN3O2. The van der Waals surface area contributed by atoms with Crippen molar-refractivity contribution in [1.29, 1.82) is 0 Å². The minimum Gasteiger partial charge on any atom is -0.383 e. The van der Waals surface area contributed by atoms with Crippen LogP contribution in [0.25, 0.3) is 0 Å². The summed E-state index contributed by atoms with van der Waals surface area (Å²) in [6.45, 7) is 5.33. The van der Waals surface area contributed by atoms with Gasteiger partial charge in [-0.1, -0.05) is 12.1 Å². The maximum atomic E-state index is 13.2. The Morgan fingerprint density at radius 1 is 1.29 bits per heavy atom. The Balaban J connectivity index is 1.61. The van der Waals surface area contributed by atoms with Crippen LogP contribution < -0.4 is 10.9 Å². The lowest BCUT2D eigenvalue weighted by atomic mass is 9.94. The molecule has 0 saturated carbocycles. The van der Waals surface area contributed by atoms with E-state index in [1.165, 1.54) is 12.1 Å². The van der Waals surface area contributed by atoms with Gasteiger partial charge in [0.15, 0.2) is 0 Å². The second-order valence-corrected chi connectivity index (χ2v) is 6.70. The van der Waals surface area contributed by atoms with Crippen molar-refractivity contribution in [1.82, 2.24) is 15.8 Å². The van der Waals surface area contributed by atoms with E-state index in [9.17, 15) is 4.39 Å². The number of hydrogen-bond acceptors (Lipinski definition) is 5. The number of benzene rings is 1. The molecule has 134 valence electrons. The second-order valence-electron chi connectivity index (χ2n) is 6.70. The Hall–Kier alpha value is -1.05. The molecular weight excluding hydrogens is 309 g/mol. The van der Waals surface area contributed by atoms with Crippen LogP contribution in [0.2, 0.25) is 0 Å². The molecule has 0 bridgehead atoms. The largest absolute Gasteiger partial charge is 0.383 e. The molecule has 6 heteroatoms. The summed E-state index contributed by atoms with van der Waals surface area (Å²) >= 11 is 0. The van der Waals surface area contributed by atoms with E-state index in [0.29, 0.717) is 12.0 Å². The third kappa shape index (κ3) is 4.74. The summed E-state index contributed by atoms with van der Waals surface area (Å²) in [7, 11) is 1.74. The molecule has 5 nitrogen and oxygen atoms in total. The zero-order chi connectivity index (χ0) is 16.8. The molecule has 0 amide bonds. The number of hydrazine groups is 1. The highest BCUT2D eigenvalue weighted by atomic mass is 19.1. The summed E-state index contributed by atoms with van der Waals surface area (Å²) in [5.41, 5.74) is 7.71. The molecule has 2 fully saturated rings. The lowest BCUT2D eigenvalue weighted by Gasteiger charge is -2.29. The monoisotopic (exact) mass is 337 g/mol. The number of nitrogens with one attached hydrogen (secondary N) is 2. The fourth-order valence-electron chi connectivity index (χ4n) is 3.62. The van der Waals surface area contributed by atoms with Crippen LogP contribution in [-0.2, 0) is 9.47 Å². The highest BCUT2D eigenvalue weighted by Gasteiger charge is 2.30. The lowest BCUT2D eigenvalue weighted by molar-refractivity contribution is 0.0552. The standard InChI is InChI=1S/C18H28FN3O2/c1-23-10-8-22(13-17-3-2-9-24-17)12-15-11-20-21-18(15)14-4-6-16(19)7-5-14/h4-7,15,17-18,20-21H,2-3,8-13H2,1H3. The summed E-state index contributed by atoms with van der Waals surface area (Å²) in [5.74, 6) is 0.232. The van der Waals surface area contributed by atoms with Crippen LogP contribution >= 0.6 is 0 Å². The van der Waals surface area contributed by atoms with Crippen LogP contribution in [-0.4, -0.2) is 57.5 Å². The predicted molar refractivity (Wildman–Crippen MR) is 91.1 cm³/mol. The SMILES string of the molecule is COCCN(CC1CCCO1)CC1CNNC1c1ccc(F)cc1. The van der Waals surface area contributed by atoms with E-state index in [2.05, 4.69) is 15.8 Å². The molecule has 2 aliphatic heterocycles. The van der Waals surface area contributed by atoms with Gasteiger partial charge in [0.1, 0.15) is 5.82 Å². The summed E-state index contributed by atoms with van der Waals surface area (Å²) < 4.78 is 24.2. The van der Waals surface area contributed by atoms with Crippen molar-refractivity contribution in [2.75, 3.05) is 46.5 Å². The molecule has 3 atom stereocenters. The van der Waals surface area contributed by atoms with Gasteiger partial charge in [0, 0.05) is 45.8 Å². The first kappa shape index (κ1) is 17.8. The smallest absolute Gasteiger partial charge is 0.123 e. The van der Waals surface area contributed by atoms with Gasteiger partial charge in [-0.25, -0.2) is 9.82 Å². The molecule has 3 unspecified atom stereocenters. The second kappa shape index (κ2) is 8.87. The quantitative estimate of drug-likeness (QED) is 0.756. The Kier molecular flexibility index (Phi) is 6.57. The topological polar surface area (TPSA) is 45.8 Å². The first-order chi connectivity index (χ1) is 11.8. The molecule has 2 aliphatic rings. The average Bonchev–Trinajstić information content (AvgIpc) is 3.25. The predicted octanol–water partition coefficient (Wildman–Crippen LogP) is 1.72. The molecule has 2 saturated heterocycles. The number of methoxy groups -OCH3 is 1. The van der Waals surface area contributed by atoms with Crippen molar-refractivity contribution < 1.29 is 13.9 Å². The van der Waals surface area contributed by atoms with E-state index in [1.54, 1.807) is 7.11 Å². The third-order valence-corrected chi connectivity index (χ3v) is 4.91. The molecule has 0 aromatic heterocycles. The lowest BCUT2D eigenvalue weighted by Crippen LogP contribution is -2.39. The molecule has 1 aromatic rings. The Morgan fingerprint density at radius 2 is 2.12 bits per heavy atom. The van der Waals surface area contributed by atoms with Gasteiger partial charge in [0.05, 0.1) is 18.8 Å². The Labute approximate surface area is 143 Å². The molecule has 3 rings (SSSR count). The van der Waals surface area contributed by atoms with Crippen molar-refractivity contribution in [2.24, 2.45) is 5.92 Å². The van der Waals surface area contributed by atoms with Gasteiger partial charge in [-0.05, 0) is 30.5 Å². The normalized spacial score (nSPS) is 27.2. The van der Waals surface area contributed by atoms with Gasteiger partial charge >= 0.3 is 0 Å². The molecule has 0 radical (unpaired) electrons. The van der Waals surface area contributed by atoms with Crippen molar-refractivity contribution in [3.8, 4) is 0 Å².